The monoisotopic (exact) mass is 263 g/mol. The van der Waals surface area contributed by atoms with Gasteiger partial charge in [0, 0.05) is 6.54 Å². The van der Waals surface area contributed by atoms with E-state index in [0.29, 0.717) is 11.8 Å². The quantitative estimate of drug-likeness (QED) is 0.783. The van der Waals surface area contributed by atoms with E-state index in [1.807, 2.05) is 11.0 Å². The molecule has 3 nitrogen and oxygen atoms in total. The Morgan fingerprint density at radius 2 is 1.84 bits per heavy atom. The van der Waals surface area contributed by atoms with Gasteiger partial charge in [0.1, 0.15) is 0 Å². The first-order valence-corrected chi connectivity index (χ1v) is 6.98. The summed E-state index contributed by atoms with van der Waals surface area (Å²) in [6.07, 6.45) is 0.990. The molecule has 0 heterocycles. The van der Waals surface area contributed by atoms with Gasteiger partial charge in [0.15, 0.2) is 0 Å². The second kappa shape index (κ2) is 7.95. The van der Waals surface area contributed by atoms with Crippen LogP contribution >= 0.6 is 0 Å². The van der Waals surface area contributed by atoms with Gasteiger partial charge in [0.05, 0.1) is 6.54 Å². The predicted molar refractivity (Wildman–Crippen MR) is 78.4 cm³/mol. The van der Waals surface area contributed by atoms with Gasteiger partial charge < -0.3 is 5.11 Å². The van der Waals surface area contributed by atoms with Crippen molar-refractivity contribution in [3.8, 4) is 0 Å². The summed E-state index contributed by atoms with van der Waals surface area (Å²) in [6.45, 7) is 8.25. The average molecular weight is 263 g/mol. The number of hydrogen-bond acceptors (Lipinski definition) is 2. The summed E-state index contributed by atoms with van der Waals surface area (Å²) in [5.41, 5.74) is 1.32. The van der Waals surface area contributed by atoms with Crippen molar-refractivity contribution >= 4 is 5.97 Å². The molecule has 1 N–H and O–H groups in total. The van der Waals surface area contributed by atoms with Crippen molar-refractivity contribution in [3.63, 3.8) is 0 Å². The van der Waals surface area contributed by atoms with Crippen molar-refractivity contribution in [2.75, 3.05) is 19.6 Å². The van der Waals surface area contributed by atoms with Crippen LogP contribution in [0.3, 0.4) is 0 Å². The first-order valence-electron chi connectivity index (χ1n) is 6.98. The number of carboxylic acids is 1. The van der Waals surface area contributed by atoms with Crippen LogP contribution in [0.5, 0.6) is 0 Å². The first-order chi connectivity index (χ1) is 8.99. The number of hydrogen-bond donors (Lipinski definition) is 1. The van der Waals surface area contributed by atoms with Crippen molar-refractivity contribution in [1.29, 1.82) is 0 Å². The van der Waals surface area contributed by atoms with Gasteiger partial charge in [-0.3, -0.25) is 9.69 Å². The molecule has 106 valence electrons. The minimum absolute atomic E-state index is 0.139. The topological polar surface area (TPSA) is 40.5 Å². The van der Waals surface area contributed by atoms with E-state index in [1.54, 1.807) is 0 Å². The summed E-state index contributed by atoms with van der Waals surface area (Å²) in [6, 6.07) is 10.4. The molecule has 0 bridgehead atoms. The van der Waals surface area contributed by atoms with Crippen LogP contribution in [0.4, 0.5) is 0 Å². The smallest absolute Gasteiger partial charge is 0.317 e. The molecule has 0 saturated carbocycles. The minimum Gasteiger partial charge on any atom is -0.480 e. The van der Waals surface area contributed by atoms with Gasteiger partial charge in [-0.15, -0.1) is 0 Å². The molecular formula is C16H25NO2. The fourth-order valence-electron chi connectivity index (χ4n) is 2.27. The van der Waals surface area contributed by atoms with Crippen molar-refractivity contribution in [2.24, 2.45) is 5.92 Å². The number of nitrogens with zero attached hydrogens (tertiary/aromatic N) is 1. The van der Waals surface area contributed by atoms with Gasteiger partial charge in [0.25, 0.3) is 0 Å². The molecule has 0 fully saturated rings. The van der Waals surface area contributed by atoms with Crippen LogP contribution in [0.1, 0.15) is 38.7 Å². The highest BCUT2D eigenvalue weighted by molar-refractivity contribution is 5.69. The Bertz CT molecular complexity index is 376. The second-order valence-electron chi connectivity index (χ2n) is 5.62. The maximum absolute atomic E-state index is 10.9. The van der Waals surface area contributed by atoms with E-state index in [-0.39, 0.29) is 6.54 Å². The summed E-state index contributed by atoms with van der Waals surface area (Å²) < 4.78 is 0. The Morgan fingerprint density at radius 3 is 2.37 bits per heavy atom. The Hall–Kier alpha value is -1.35. The fourth-order valence-corrected chi connectivity index (χ4v) is 2.27. The Labute approximate surface area is 116 Å². The van der Waals surface area contributed by atoms with Crippen molar-refractivity contribution in [3.05, 3.63) is 35.9 Å². The molecule has 1 rings (SSSR count). The molecule has 0 amide bonds. The Balaban J connectivity index is 2.48. The molecule has 1 aromatic rings. The third kappa shape index (κ3) is 6.39. The SMILES string of the molecule is CC(C)CN(CCC(C)c1ccccc1)CC(=O)O. The largest absolute Gasteiger partial charge is 0.480 e. The number of rotatable bonds is 8. The molecule has 0 aliphatic heterocycles. The van der Waals surface area contributed by atoms with Gasteiger partial charge in [-0.1, -0.05) is 51.1 Å². The summed E-state index contributed by atoms with van der Waals surface area (Å²) in [5, 5.41) is 8.94. The summed E-state index contributed by atoms with van der Waals surface area (Å²) in [4.78, 5) is 12.9. The zero-order chi connectivity index (χ0) is 14.3. The van der Waals surface area contributed by atoms with Gasteiger partial charge in [-0.25, -0.2) is 0 Å². The van der Waals surface area contributed by atoms with Crippen LogP contribution in [0.2, 0.25) is 0 Å². The molecular weight excluding hydrogens is 238 g/mol. The highest BCUT2D eigenvalue weighted by Gasteiger charge is 2.13. The van der Waals surface area contributed by atoms with Gasteiger partial charge >= 0.3 is 5.97 Å². The van der Waals surface area contributed by atoms with E-state index in [9.17, 15) is 4.79 Å². The maximum Gasteiger partial charge on any atom is 0.317 e. The zero-order valence-electron chi connectivity index (χ0n) is 12.2. The summed E-state index contributed by atoms with van der Waals surface area (Å²) in [5.74, 6) is 0.212. The first kappa shape index (κ1) is 15.7. The van der Waals surface area contributed by atoms with Gasteiger partial charge in [-0.2, -0.15) is 0 Å². The Kier molecular flexibility index (Phi) is 6.57. The molecule has 0 radical (unpaired) electrons. The number of benzene rings is 1. The predicted octanol–water partition coefficient (Wildman–Crippen LogP) is 3.22. The van der Waals surface area contributed by atoms with E-state index in [0.717, 1.165) is 19.5 Å². The third-order valence-corrected chi connectivity index (χ3v) is 3.23. The van der Waals surface area contributed by atoms with E-state index in [4.69, 9.17) is 5.11 Å². The number of carboxylic acid groups (broad SMARTS) is 1. The minimum atomic E-state index is -0.743. The number of carbonyl (C=O) groups is 1. The van der Waals surface area contributed by atoms with Crippen molar-refractivity contribution in [1.82, 2.24) is 4.90 Å². The molecule has 1 atom stereocenters. The lowest BCUT2D eigenvalue weighted by Crippen LogP contribution is -2.34. The van der Waals surface area contributed by atoms with Gasteiger partial charge in [0.2, 0.25) is 0 Å². The van der Waals surface area contributed by atoms with Crippen LogP contribution < -0.4 is 0 Å². The lowest BCUT2D eigenvalue weighted by Gasteiger charge is -2.24. The van der Waals surface area contributed by atoms with E-state index in [1.165, 1.54) is 5.56 Å². The highest BCUT2D eigenvalue weighted by atomic mass is 16.4. The average Bonchev–Trinajstić information content (AvgIpc) is 2.35. The molecule has 0 aliphatic rings. The van der Waals surface area contributed by atoms with Crippen molar-refractivity contribution in [2.45, 2.75) is 33.1 Å². The van der Waals surface area contributed by atoms with Crippen molar-refractivity contribution < 1.29 is 9.90 Å². The second-order valence-corrected chi connectivity index (χ2v) is 5.62. The molecule has 0 spiro atoms. The number of aliphatic carboxylic acids is 1. The molecule has 0 saturated heterocycles. The summed E-state index contributed by atoms with van der Waals surface area (Å²) in [7, 11) is 0. The fraction of sp³-hybridized carbons (Fsp3) is 0.562. The normalized spacial score (nSPS) is 12.9. The molecule has 3 heteroatoms. The summed E-state index contributed by atoms with van der Waals surface area (Å²) >= 11 is 0. The standard InChI is InChI=1S/C16H25NO2/c1-13(2)11-17(12-16(18)19)10-9-14(3)15-7-5-4-6-8-15/h4-8,13-14H,9-12H2,1-3H3,(H,18,19). The molecule has 0 aromatic heterocycles. The van der Waals surface area contributed by atoms with Crippen LogP contribution in [-0.2, 0) is 4.79 Å². The molecule has 0 aliphatic carbocycles. The Morgan fingerprint density at radius 1 is 1.21 bits per heavy atom. The van der Waals surface area contributed by atoms with E-state index >= 15 is 0 Å². The molecule has 1 aromatic carbocycles. The third-order valence-electron chi connectivity index (χ3n) is 3.23. The van der Waals surface area contributed by atoms with Crippen LogP contribution in [0, 0.1) is 5.92 Å². The zero-order valence-corrected chi connectivity index (χ0v) is 12.2. The molecule has 19 heavy (non-hydrogen) atoms. The van der Waals surface area contributed by atoms with Crippen LogP contribution in [0.15, 0.2) is 30.3 Å². The van der Waals surface area contributed by atoms with Crippen LogP contribution in [-0.4, -0.2) is 35.6 Å². The lowest BCUT2D eigenvalue weighted by molar-refractivity contribution is -0.138. The van der Waals surface area contributed by atoms with E-state index < -0.39 is 5.97 Å². The highest BCUT2D eigenvalue weighted by Crippen LogP contribution is 2.19. The van der Waals surface area contributed by atoms with Crippen LogP contribution in [0.25, 0.3) is 0 Å². The lowest BCUT2D eigenvalue weighted by atomic mass is 9.97. The van der Waals surface area contributed by atoms with E-state index in [2.05, 4.69) is 45.0 Å². The maximum atomic E-state index is 10.9. The molecule has 1 unspecified atom stereocenters. The van der Waals surface area contributed by atoms with Gasteiger partial charge in [-0.05, 0) is 30.4 Å².